The lowest BCUT2D eigenvalue weighted by atomic mass is 10.2. The van der Waals surface area contributed by atoms with E-state index in [1.54, 1.807) is 47.4 Å². The summed E-state index contributed by atoms with van der Waals surface area (Å²) in [5.74, 6) is -0.224. The maximum absolute atomic E-state index is 13.6. The zero-order valence-corrected chi connectivity index (χ0v) is 20.6. The van der Waals surface area contributed by atoms with Crippen molar-refractivity contribution < 1.29 is 13.2 Å². The molecule has 4 aromatic rings. The molecule has 9 heteroatoms. The molecule has 0 fully saturated rings. The van der Waals surface area contributed by atoms with E-state index in [0.29, 0.717) is 22.9 Å². The highest BCUT2D eigenvalue weighted by Gasteiger charge is 2.22. The van der Waals surface area contributed by atoms with Gasteiger partial charge in [0.1, 0.15) is 0 Å². The number of rotatable bonds is 9. The van der Waals surface area contributed by atoms with E-state index < -0.39 is 10.0 Å². The molecule has 1 heterocycles. The molecule has 4 rings (SSSR count). The number of nitrogens with one attached hydrogen (secondary N) is 1. The van der Waals surface area contributed by atoms with E-state index in [2.05, 4.69) is 14.6 Å². The number of fused-ring (bicyclic) bond motifs is 1. The van der Waals surface area contributed by atoms with E-state index in [4.69, 9.17) is 0 Å². The van der Waals surface area contributed by atoms with Crippen LogP contribution in [0.15, 0.2) is 83.8 Å². The van der Waals surface area contributed by atoms with E-state index in [1.165, 1.54) is 23.5 Å². The van der Waals surface area contributed by atoms with Gasteiger partial charge in [0.2, 0.25) is 0 Å². The molecular weight excluding hydrogens is 468 g/mol. The van der Waals surface area contributed by atoms with E-state index >= 15 is 0 Å². The summed E-state index contributed by atoms with van der Waals surface area (Å²) in [6.07, 6.45) is 0.773. The van der Waals surface area contributed by atoms with Crippen molar-refractivity contribution in [3.63, 3.8) is 0 Å². The summed E-state index contributed by atoms with van der Waals surface area (Å²) in [5.41, 5.74) is 1.56. The third-order valence-corrected chi connectivity index (χ3v) is 7.62. The standard InChI is InChI=1S/C25H26N4O3S2/c1-28(2)16-9-17-29(25-26-22-14-6-7-15-23(22)33-25)24(30)19-10-8-11-20(18-19)27-34(31,32)21-12-4-3-5-13-21/h3-8,10-15,18,27H,9,16-17H2,1-2H3. The average molecular weight is 495 g/mol. The van der Waals surface area contributed by atoms with Crippen molar-refractivity contribution in [3.8, 4) is 0 Å². The number of anilines is 2. The molecule has 0 radical (unpaired) electrons. The normalized spacial score (nSPS) is 11.6. The molecule has 0 atom stereocenters. The SMILES string of the molecule is CN(C)CCCN(C(=O)c1cccc(NS(=O)(=O)c2ccccc2)c1)c1nc2ccccc2s1. The van der Waals surface area contributed by atoms with Crippen molar-refractivity contribution in [2.75, 3.05) is 36.8 Å². The smallest absolute Gasteiger partial charge is 0.261 e. The van der Waals surface area contributed by atoms with Gasteiger partial charge in [-0.25, -0.2) is 13.4 Å². The Labute approximate surface area is 203 Å². The first-order chi connectivity index (χ1) is 16.3. The number of hydrogen-bond donors (Lipinski definition) is 1. The van der Waals surface area contributed by atoms with Crippen LogP contribution >= 0.6 is 11.3 Å². The van der Waals surface area contributed by atoms with Gasteiger partial charge in [-0.3, -0.25) is 14.4 Å². The lowest BCUT2D eigenvalue weighted by Crippen LogP contribution is -2.33. The molecule has 0 aliphatic rings. The fourth-order valence-electron chi connectivity index (χ4n) is 3.49. The summed E-state index contributed by atoms with van der Waals surface area (Å²) in [7, 11) is 0.225. The second-order valence-electron chi connectivity index (χ2n) is 8.08. The summed E-state index contributed by atoms with van der Waals surface area (Å²) in [6, 6.07) is 22.5. The van der Waals surface area contributed by atoms with Crippen molar-refractivity contribution >= 4 is 48.3 Å². The number of hydrogen-bond acceptors (Lipinski definition) is 6. The highest BCUT2D eigenvalue weighted by Crippen LogP contribution is 2.30. The molecule has 34 heavy (non-hydrogen) atoms. The maximum Gasteiger partial charge on any atom is 0.261 e. The Bertz CT molecular complexity index is 1350. The van der Waals surface area contributed by atoms with E-state index in [9.17, 15) is 13.2 Å². The van der Waals surface area contributed by atoms with Gasteiger partial charge in [-0.1, -0.05) is 47.7 Å². The maximum atomic E-state index is 13.6. The lowest BCUT2D eigenvalue weighted by molar-refractivity contribution is 0.0986. The van der Waals surface area contributed by atoms with Crippen molar-refractivity contribution in [1.82, 2.24) is 9.88 Å². The van der Waals surface area contributed by atoms with Gasteiger partial charge in [-0.05, 0) is 69.5 Å². The first-order valence-electron chi connectivity index (χ1n) is 10.8. The number of benzene rings is 3. The second-order valence-corrected chi connectivity index (χ2v) is 10.8. The van der Waals surface area contributed by atoms with E-state index in [0.717, 1.165) is 23.2 Å². The van der Waals surface area contributed by atoms with Gasteiger partial charge in [0.25, 0.3) is 15.9 Å². The zero-order valence-electron chi connectivity index (χ0n) is 19.0. The molecule has 1 aromatic heterocycles. The van der Waals surface area contributed by atoms with Gasteiger partial charge in [0.15, 0.2) is 5.13 Å². The molecule has 7 nitrogen and oxygen atoms in total. The van der Waals surface area contributed by atoms with Crippen LogP contribution in [0.25, 0.3) is 10.2 Å². The third-order valence-electron chi connectivity index (χ3n) is 5.16. The Kier molecular flexibility index (Phi) is 7.26. The summed E-state index contributed by atoms with van der Waals surface area (Å²) in [5, 5.41) is 0.625. The minimum absolute atomic E-state index is 0.159. The first kappa shape index (κ1) is 23.9. The molecule has 3 aromatic carbocycles. The molecule has 0 spiro atoms. The van der Waals surface area contributed by atoms with Crippen LogP contribution in [-0.4, -0.2) is 51.4 Å². The monoisotopic (exact) mass is 494 g/mol. The quantitative estimate of drug-likeness (QED) is 0.365. The van der Waals surface area contributed by atoms with E-state index in [1.807, 2.05) is 38.4 Å². The van der Waals surface area contributed by atoms with Crippen LogP contribution < -0.4 is 9.62 Å². The van der Waals surface area contributed by atoms with Gasteiger partial charge < -0.3 is 4.90 Å². The number of carbonyl (C=O) groups is 1. The highest BCUT2D eigenvalue weighted by molar-refractivity contribution is 7.92. The number of para-hydroxylation sites is 1. The Balaban J connectivity index is 1.62. The predicted molar refractivity (Wildman–Crippen MR) is 138 cm³/mol. The van der Waals surface area contributed by atoms with Gasteiger partial charge in [0.05, 0.1) is 15.1 Å². The van der Waals surface area contributed by atoms with Crippen LogP contribution in [0.3, 0.4) is 0 Å². The van der Waals surface area contributed by atoms with Gasteiger partial charge in [-0.15, -0.1) is 0 Å². The minimum Gasteiger partial charge on any atom is -0.309 e. The molecule has 176 valence electrons. The molecule has 1 amide bonds. The number of thiazole rings is 1. The number of aromatic nitrogens is 1. The Morgan fingerprint density at radius 1 is 0.941 bits per heavy atom. The van der Waals surface area contributed by atoms with Crippen molar-refractivity contribution in [3.05, 3.63) is 84.4 Å². The topological polar surface area (TPSA) is 82.6 Å². The zero-order chi connectivity index (χ0) is 24.1. The molecule has 0 unspecified atom stereocenters. The van der Waals surface area contributed by atoms with E-state index in [-0.39, 0.29) is 10.8 Å². The molecule has 0 saturated carbocycles. The third kappa shape index (κ3) is 5.61. The number of carbonyl (C=O) groups excluding carboxylic acids is 1. The van der Waals surface area contributed by atoms with Crippen LogP contribution in [0.2, 0.25) is 0 Å². The van der Waals surface area contributed by atoms with Gasteiger partial charge in [0, 0.05) is 17.8 Å². The fourth-order valence-corrected chi connectivity index (χ4v) is 5.55. The Morgan fingerprint density at radius 2 is 1.68 bits per heavy atom. The largest absolute Gasteiger partial charge is 0.309 e. The summed E-state index contributed by atoms with van der Waals surface area (Å²) < 4.78 is 29.0. The van der Waals surface area contributed by atoms with Gasteiger partial charge >= 0.3 is 0 Å². The summed E-state index contributed by atoms with van der Waals surface area (Å²) >= 11 is 1.47. The first-order valence-corrected chi connectivity index (χ1v) is 13.1. The van der Waals surface area contributed by atoms with Crippen LogP contribution in [0.4, 0.5) is 10.8 Å². The Morgan fingerprint density at radius 3 is 2.41 bits per heavy atom. The van der Waals surface area contributed by atoms with Crippen LogP contribution in [0.5, 0.6) is 0 Å². The molecular formula is C25H26N4O3S2. The predicted octanol–water partition coefficient (Wildman–Crippen LogP) is 4.70. The molecule has 0 bridgehead atoms. The Hall–Kier alpha value is -3.27. The average Bonchev–Trinajstić information content (AvgIpc) is 3.26. The van der Waals surface area contributed by atoms with Crippen molar-refractivity contribution in [2.45, 2.75) is 11.3 Å². The molecule has 0 aliphatic heterocycles. The molecule has 0 saturated heterocycles. The lowest BCUT2D eigenvalue weighted by Gasteiger charge is -2.21. The summed E-state index contributed by atoms with van der Waals surface area (Å²) in [6.45, 7) is 1.32. The van der Waals surface area contributed by atoms with Gasteiger partial charge in [-0.2, -0.15) is 0 Å². The number of sulfonamides is 1. The number of amides is 1. The second kappa shape index (κ2) is 10.3. The minimum atomic E-state index is -3.76. The van der Waals surface area contributed by atoms with Crippen LogP contribution in [0.1, 0.15) is 16.8 Å². The van der Waals surface area contributed by atoms with Crippen LogP contribution in [-0.2, 0) is 10.0 Å². The molecule has 1 N–H and O–H groups in total. The molecule has 0 aliphatic carbocycles. The number of nitrogens with zero attached hydrogens (tertiary/aromatic N) is 3. The summed E-state index contributed by atoms with van der Waals surface area (Å²) in [4.78, 5) is 22.2. The fraction of sp³-hybridized carbons (Fsp3) is 0.200. The highest BCUT2D eigenvalue weighted by atomic mass is 32.2. The van der Waals surface area contributed by atoms with Crippen LogP contribution in [0, 0.1) is 0 Å². The van der Waals surface area contributed by atoms with Crippen molar-refractivity contribution in [1.29, 1.82) is 0 Å². The van der Waals surface area contributed by atoms with Crippen molar-refractivity contribution in [2.24, 2.45) is 0 Å².